The molecule has 0 saturated heterocycles. The van der Waals surface area contributed by atoms with Crippen LogP contribution in [0.4, 0.5) is 0 Å². The molecule has 1 aromatic heterocycles. The number of nitrogens with zero attached hydrogens (tertiary/aromatic N) is 1. The maximum Gasteiger partial charge on any atom is 0.338 e. The Labute approximate surface area is 199 Å². The number of hydrogen-bond donors (Lipinski definition) is 0. The Hall–Kier alpha value is -3.05. The lowest BCUT2D eigenvalue weighted by molar-refractivity contribution is -0.117. The number of hydrogen-bond acceptors (Lipinski definition) is 5. The van der Waals surface area contributed by atoms with E-state index in [9.17, 15) is 9.59 Å². The number of rotatable bonds is 6. The average molecular weight is 460 g/mol. The zero-order valence-corrected chi connectivity index (χ0v) is 20.6. The minimum atomic E-state index is -0.407. The second-order valence-electron chi connectivity index (χ2n) is 9.17. The fourth-order valence-corrected chi connectivity index (χ4v) is 5.32. The van der Waals surface area contributed by atoms with E-state index in [2.05, 4.69) is 50.0 Å². The number of benzene rings is 2. The first-order valence-electron chi connectivity index (χ1n) is 11.3. The molecule has 0 bridgehead atoms. The fraction of sp³-hybridized carbons (Fsp3) is 0.321. The standard InChI is InChI=1S/C28H29NO3S/c1-6-32-27(31)20-9-7-19(8-10-20)25(18(3)30)21-11-12-24-23(15-21)22(13-14-28(24,4)5)26-29-16-17(2)33-26/h7-13,15-16,25H,6,14H2,1-5H3. The lowest BCUT2D eigenvalue weighted by Gasteiger charge is -2.32. The molecule has 33 heavy (non-hydrogen) atoms. The Morgan fingerprint density at radius 3 is 2.42 bits per heavy atom. The van der Waals surface area contributed by atoms with Gasteiger partial charge in [-0.1, -0.05) is 44.2 Å². The molecule has 4 nitrogen and oxygen atoms in total. The van der Waals surface area contributed by atoms with E-state index >= 15 is 0 Å². The summed E-state index contributed by atoms with van der Waals surface area (Å²) in [5, 5.41) is 1.01. The average Bonchev–Trinajstić information content (AvgIpc) is 3.20. The first kappa shape index (κ1) is 23.1. The number of carbonyl (C=O) groups excluding carboxylic acids is 2. The maximum atomic E-state index is 12.8. The van der Waals surface area contributed by atoms with Crippen molar-refractivity contribution in [2.75, 3.05) is 6.61 Å². The molecule has 3 aromatic rings. The number of Topliss-reactive ketones (excluding diaryl/α,β-unsaturated/α-hetero) is 1. The zero-order chi connectivity index (χ0) is 23.8. The van der Waals surface area contributed by atoms with Gasteiger partial charge in [-0.3, -0.25) is 4.79 Å². The SMILES string of the molecule is CCOC(=O)c1ccc(C(C(C)=O)c2ccc3c(c2)C(c2ncc(C)s2)=CCC3(C)C)cc1. The van der Waals surface area contributed by atoms with Crippen molar-refractivity contribution in [3.05, 3.63) is 92.4 Å². The van der Waals surface area contributed by atoms with Crippen LogP contribution >= 0.6 is 11.3 Å². The van der Waals surface area contributed by atoms with Gasteiger partial charge in [0, 0.05) is 16.6 Å². The first-order valence-corrected chi connectivity index (χ1v) is 12.1. The van der Waals surface area contributed by atoms with Crippen molar-refractivity contribution in [1.82, 2.24) is 4.98 Å². The molecule has 1 aliphatic rings. The lowest BCUT2D eigenvalue weighted by Crippen LogP contribution is -2.22. The molecule has 0 N–H and O–H groups in total. The van der Waals surface area contributed by atoms with E-state index in [-0.39, 0.29) is 17.2 Å². The van der Waals surface area contributed by atoms with Gasteiger partial charge in [0.25, 0.3) is 0 Å². The summed E-state index contributed by atoms with van der Waals surface area (Å²) in [6.07, 6.45) is 5.13. The Morgan fingerprint density at radius 1 is 1.12 bits per heavy atom. The van der Waals surface area contributed by atoms with Gasteiger partial charge in [-0.25, -0.2) is 9.78 Å². The zero-order valence-electron chi connectivity index (χ0n) is 19.8. The van der Waals surface area contributed by atoms with Crippen LogP contribution < -0.4 is 0 Å². The second kappa shape index (κ2) is 9.06. The van der Waals surface area contributed by atoms with Crippen LogP contribution in [0.2, 0.25) is 0 Å². The normalized spacial score (nSPS) is 15.4. The van der Waals surface area contributed by atoms with Crippen molar-refractivity contribution in [1.29, 1.82) is 0 Å². The summed E-state index contributed by atoms with van der Waals surface area (Å²) < 4.78 is 5.08. The highest BCUT2D eigenvalue weighted by atomic mass is 32.1. The van der Waals surface area contributed by atoms with Crippen molar-refractivity contribution >= 4 is 28.7 Å². The number of allylic oxidation sites excluding steroid dienone is 1. The van der Waals surface area contributed by atoms with Gasteiger partial charge in [0.2, 0.25) is 0 Å². The van der Waals surface area contributed by atoms with E-state index < -0.39 is 5.92 Å². The number of fused-ring (bicyclic) bond motifs is 1. The summed E-state index contributed by atoms with van der Waals surface area (Å²) >= 11 is 1.69. The van der Waals surface area contributed by atoms with Crippen LogP contribution in [0.1, 0.15) is 82.5 Å². The third-order valence-corrected chi connectivity index (χ3v) is 7.17. The van der Waals surface area contributed by atoms with Gasteiger partial charge in [-0.05, 0) is 73.1 Å². The van der Waals surface area contributed by atoms with Crippen LogP contribution in [0.15, 0.2) is 54.7 Å². The molecular weight excluding hydrogens is 430 g/mol. The fourth-order valence-electron chi connectivity index (χ4n) is 4.50. The Kier molecular flexibility index (Phi) is 6.35. The molecule has 2 aromatic carbocycles. The van der Waals surface area contributed by atoms with Gasteiger partial charge in [-0.2, -0.15) is 0 Å². The molecular formula is C28H29NO3S. The van der Waals surface area contributed by atoms with Crippen molar-refractivity contribution in [3.8, 4) is 0 Å². The molecule has 0 aliphatic heterocycles. The van der Waals surface area contributed by atoms with Gasteiger partial charge in [0.05, 0.1) is 18.1 Å². The van der Waals surface area contributed by atoms with Crippen LogP contribution in [0.25, 0.3) is 5.57 Å². The number of aromatic nitrogens is 1. The Bertz CT molecular complexity index is 1230. The van der Waals surface area contributed by atoms with Crippen molar-refractivity contribution in [3.63, 3.8) is 0 Å². The number of thiazole rings is 1. The minimum absolute atomic E-state index is 0.0106. The summed E-state index contributed by atoms with van der Waals surface area (Å²) in [6, 6.07) is 13.6. The second-order valence-corrected chi connectivity index (χ2v) is 10.4. The molecule has 1 aliphatic carbocycles. The molecule has 170 valence electrons. The van der Waals surface area contributed by atoms with Gasteiger partial charge in [0.1, 0.15) is 10.8 Å². The molecule has 0 radical (unpaired) electrons. The molecule has 0 fully saturated rings. The van der Waals surface area contributed by atoms with E-state index in [0.29, 0.717) is 12.2 Å². The largest absolute Gasteiger partial charge is 0.462 e. The van der Waals surface area contributed by atoms with Crippen LogP contribution in [-0.4, -0.2) is 23.3 Å². The van der Waals surface area contributed by atoms with Gasteiger partial charge >= 0.3 is 5.97 Å². The molecule has 0 saturated carbocycles. The number of esters is 1. The van der Waals surface area contributed by atoms with E-state index in [1.54, 1.807) is 37.3 Å². The number of carbonyl (C=O) groups is 2. The summed E-state index contributed by atoms with van der Waals surface area (Å²) in [7, 11) is 0. The topological polar surface area (TPSA) is 56.3 Å². The highest BCUT2D eigenvalue weighted by Crippen LogP contribution is 2.43. The predicted octanol–water partition coefficient (Wildman–Crippen LogP) is 6.46. The Balaban J connectivity index is 1.77. The van der Waals surface area contributed by atoms with Crippen LogP contribution in [-0.2, 0) is 14.9 Å². The van der Waals surface area contributed by atoms with Gasteiger partial charge < -0.3 is 4.74 Å². The third kappa shape index (κ3) is 4.55. The van der Waals surface area contributed by atoms with Crippen molar-refractivity contribution in [2.45, 2.75) is 52.4 Å². The lowest BCUT2D eigenvalue weighted by atomic mass is 9.72. The summed E-state index contributed by atoms with van der Waals surface area (Å²) in [5.74, 6) is -0.701. The summed E-state index contributed by atoms with van der Waals surface area (Å²) in [4.78, 5) is 30.6. The quantitative estimate of drug-likeness (QED) is 0.397. The van der Waals surface area contributed by atoms with Crippen LogP contribution in [0.3, 0.4) is 0 Å². The third-order valence-electron chi connectivity index (χ3n) is 6.23. The molecule has 1 unspecified atom stereocenters. The van der Waals surface area contributed by atoms with E-state index in [4.69, 9.17) is 4.74 Å². The monoisotopic (exact) mass is 459 g/mol. The maximum absolute atomic E-state index is 12.8. The molecule has 1 heterocycles. The van der Waals surface area contributed by atoms with E-state index in [1.165, 1.54) is 10.4 Å². The van der Waals surface area contributed by atoms with E-state index in [0.717, 1.165) is 33.7 Å². The van der Waals surface area contributed by atoms with Crippen molar-refractivity contribution in [2.24, 2.45) is 0 Å². The van der Waals surface area contributed by atoms with Crippen LogP contribution in [0, 0.1) is 6.92 Å². The minimum Gasteiger partial charge on any atom is -0.462 e. The predicted molar refractivity (Wildman–Crippen MR) is 133 cm³/mol. The number of ether oxygens (including phenoxy) is 1. The van der Waals surface area contributed by atoms with Crippen molar-refractivity contribution < 1.29 is 14.3 Å². The molecule has 0 amide bonds. The highest BCUT2D eigenvalue weighted by Gasteiger charge is 2.31. The summed E-state index contributed by atoms with van der Waals surface area (Å²) in [5.41, 5.74) is 5.87. The van der Waals surface area contributed by atoms with Gasteiger partial charge in [-0.15, -0.1) is 11.3 Å². The molecule has 5 heteroatoms. The first-order chi connectivity index (χ1) is 15.7. The smallest absolute Gasteiger partial charge is 0.338 e. The number of ketones is 1. The van der Waals surface area contributed by atoms with Crippen LogP contribution in [0.5, 0.6) is 0 Å². The highest BCUT2D eigenvalue weighted by molar-refractivity contribution is 7.12. The Morgan fingerprint density at radius 2 is 1.82 bits per heavy atom. The van der Waals surface area contributed by atoms with Gasteiger partial charge in [0.15, 0.2) is 0 Å². The number of aryl methyl sites for hydroxylation is 1. The summed E-state index contributed by atoms with van der Waals surface area (Å²) in [6.45, 7) is 10.3. The molecule has 0 spiro atoms. The van der Waals surface area contributed by atoms with E-state index in [1.807, 2.05) is 18.3 Å². The molecule has 4 rings (SSSR count). The molecule has 1 atom stereocenters.